The van der Waals surface area contributed by atoms with E-state index in [2.05, 4.69) is 45.2 Å². The maximum Gasteiger partial charge on any atom is 0.238 e. The Labute approximate surface area is 182 Å². The van der Waals surface area contributed by atoms with Crippen molar-refractivity contribution in [2.24, 2.45) is 5.14 Å². The summed E-state index contributed by atoms with van der Waals surface area (Å²) in [5, 5.41) is 8.10. The summed E-state index contributed by atoms with van der Waals surface area (Å²) in [5.41, 5.74) is 3.30. The molecule has 0 bridgehead atoms. The van der Waals surface area contributed by atoms with Gasteiger partial charge in [0.2, 0.25) is 15.9 Å². The van der Waals surface area contributed by atoms with Crippen molar-refractivity contribution in [3.05, 3.63) is 89.7 Å². The Morgan fingerprint density at radius 1 is 1.00 bits per heavy atom. The van der Waals surface area contributed by atoms with E-state index in [1.54, 1.807) is 12.1 Å². The first-order valence-corrected chi connectivity index (χ1v) is 11.8. The van der Waals surface area contributed by atoms with Gasteiger partial charge in [0.25, 0.3) is 0 Å². The number of nitrogens with one attached hydrogen (secondary N) is 1. The number of hydrogen-bond acceptors (Lipinski definition) is 4. The molecule has 2 aromatic carbocycles. The van der Waals surface area contributed by atoms with E-state index in [-0.39, 0.29) is 16.8 Å². The minimum absolute atomic E-state index is 0.0258. The second-order valence-electron chi connectivity index (χ2n) is 7.70. The standard InChI is InChI=1S/C23H26N4O3S/c24-31(29,30)20-10-8-18(9-11-20)12-13-25-22(28)17-27-16-15-26-14-4-7-21(26)23(27)19-5-2-1-3-6-19/h1-11,14,23H,12-13,15-17H2,(H,25,28)(H2,24,29,30). The Hall–Kier alpha value is -2.94. The second kappa shape index (κ2) is 9.05. The molecule has 1 amide bonds. The molecule has 0 aliphatic carbocycles. The molecule has 162 valence electrons. The van der Waals surface area contributed by atoms with Gasteiger partial charge in [0.05, 0.1) is 17.5 Å². The largest absolute Gasteiger partial charge is 0.355 e. The highest BCUT2D eigenvalue weighted by molar-refractivity contribution is 7.89. The summed E-state index contributed by atoms with van der Waals surface area (Å²) >= 11 is 0. The second-order valence-corrected chi connectivity index (χ2v) is 9.26. The van der Waals surface area contributed by atoms with Crippen LogP contribution in [-0.4, -0.2) is 43.4 Å². The summed E-state index contributed by atoms with van der Waals surface area (Å²) < 4.78 is 24.9. The summed E-state index contributed by atoms with van der Waals surface area (Å²) in [6.07, 6.45) is 2.70. The first kappa shape index (κ1) is 21.3. The Balaban J connectivity index is 1.36. The fourth-order valence-electron chi connectivity index (χ4n) is 4.05. The molecule has 8 heteroatoms. The Morgan fingerprint density at radius 2 is 1.74 bits per heavy atom. The van der Waals surface area contributed by atoms with Gasteiger partial charge in [-0.2, -0.15) is 0 Å². The SMILES string of the molecule is NS(=O)(=O)c1ccc(CCNC(=O)CN2CCn3cccc3C2c2ccccc2)cc1. The molecule has 0 fully saturated rings. The number of fused-ring (bicyclic) bond motifs is 1. The van der Waals surface area contributed by atoms with Gasteiger partial charge >= 0.3 is 0 Å². The van der Waals surface area contributed by atoms with Crippen LogP contribution in [0.15, 0.2) is 77.8 Å². The molecule has 7 nitrogen and oxygen atoms in total. The number of nitrogens with zero attached hydrogens (tertiary/aromatic N) is 2. The molecular weight excluding hydrogens is 412 g/mol. The average molecular weight is 439 g/mol. The summed E-state index contributed by atoms with van der Waals surface area (Å²) in [6.45, 7) is 2.45. The first-order chi connectivity index (χ1) is 14.9. The Morgan fingerprint density at radius 3 is 2.45 bits per heavy atom. The van der Waals surface area contributed by atoms with Crippen LogP contribution in [-0.2, 0) is 27.8 Å². The molecule has 0 spiro atoms. The highest BCUT2D eigenvalue weighted by Crippen LogP contribution is 2.31. The Bertz CT molecular complexity index is 1140. The quantitative estimate of drug-likeness (QED) is 0.589. The lowest BCUT2D eigenvalue weighted by Crippen LogP contribution is -2.44. The molecule has 3 N–H and O–H groups in total. The molecule has 1 aliphatic heterocycles. The van der Waals surface area contributed by atoms with Crippen molar-refractivity contribution in [2.45, 2.75) is 23.9 Å². The fourth-order valence-corrected chi connectivity index (χ4v) is 4.57. The van der Waals surface area contributed by atoms with Crippen LogP contribution in [0, 0.1) is 0 Å². The van der Waals surface area contributed by atoms with Gasteiger partial charge < -0.3 is 9.88 Å². The predicted octanol–water partition coefficient (Wildman–Crippen LogP) is 1.90. The highest BCUT2D eigenvalue weighted by Gasteiger charge is 2.29. The number of sulfonamides is 1. The number of amides is 1. The molecule has 4 rings (SSSR count). The third-order valence-electron chi connectivity index (χ3n) is 5.59. The molecule has 1 aliphatic rings. The van der Waals surface area contributed by atoms with Gasteiger partial charge in [-0.15, -0.1) is 0 Å². The van der Waals surface area contributed by atoms with E-state index in [0.29, 0.717) is 19.5 Å². The molecule has 0 radical (unpaired) electrons. The smallest absolute Gasteiger partial charge is 0.238 e. The molecule has 1 atom stereocenters. The fraction of sp³-hybridized carbons (Fsp3) is 0.261. The van der Waals surface area contributed by atoms with Gasteiger partial charge in [-0.05, 0) is 41.8 Å². The normalized spacial score (nSPS) is 16.6. The lowest BCUT2D eigenvalue weighted by Gasteiger charge is -2.36. The van der Waals surface area contributed by atoms with E-state index in [1.165, 1.54) is 23.4 Å². The molecule has 3 aromatic rings. The summed E-state index contributed by atoms with van der Waals surface area (Å²) in [7, 11) is -3.69. The lowest BCUT2D eigenvalue weighted by molar-refractivity contribution is -0.122. The molecule has 1 unspecified atom stereocenters. The molecule has 31 heavy (non-hydrogen) atoms. The number of hydrogen-bond donors (Lipinski definition) is 2. The molecule has 1 aromatic heterocycles. The van der Waals surface area contributed by atoms with Crippen molar-refractivity contribution in [1.82, 2.24) is 14.8 Å². The molecule has 0 saturated carbocycles. The number of nitrogens with two attached hydrogens (primary N) is 1. The van der Waals surface area contributed by atoms with Gasteiger partial charge in [-0.25, -0.2) is 13.6 Å². The first-order valence-electron chi connectivity index (χ1n) is 10.2. The van der Waals surface area contributed by atoms with Crippen LogP contribution < -0.4 is 10.5 Å². The molecule has 2 heterocycles. The van der Waals surface area contributed by atoms with Crippen LogP contribution in [0.2, 0.25) is 0 Å². The van der Waals surface area contributed by atoms with E-state index in [1.807, 2.05) is 18.2 Å². The third-order valence-corrected chi connectivity index (χ3v) is 6.52. The van der Waals surface area contributed by atoms with E-state index < -0.39 is 10.0 Å². The number of benzene rings is 2. The highest BCUT2D eigenvalue weighted by atomic mass is 32.2. The third kappa shape index (κ3) is 5.04. The van der Waals surface area contributed by atoms with Gasteiger partial charge in [-0.1, -0.05) is 42.5 Å². The van der Waals surface area contributed by atoms with Crippen molar-refractivity contribution in [1.29, 1.82) is 0 Å². The van der Waals surface area contributed by atoms with Crippen LogP contribution in [0.4, 0.5) is 0 Å². The van der Waals surface area contributed by atoms with Crippen LogP contribution in [0.25, 0.3) is 0 Å². The zero-order valence-corrected chi connectivity index (χ0v) is 18.0. The maximum atomic E-state index is 12.7. The average Bonchev–Trinajstić information content (AvgIpc) is 3.23. The minimum atomic E-state index is -3.69. The maximum absolute atomic E-state index is 12.7. The number of carbonyl (C=O) groups excluding carboxylic acids is 1. The predicted molar refractivity (Wildman–Crippen MR) is 119 cm³/mol. The van der Waals surface area contributed by atoms with E-state index in [9.17, 15) is 13.2 Å². The van der Waals surface area contributed by atoms with Crippen LogP contribution in [0.1, 0.15) is 22.9 Å². The summed E-state index contributed by atoms with van der Waals surface area (Å²) in [6, 6.07) is 20.9. The lowest BCUT2D eigenvalue weighted by atomic mass is 10.00. The van der Waals surface area contributed by atoms with E-state index in [4.69, 9.17) is 5.14 Å². The number of carbonyl (C=O) groups is 1. The van der Waals surface area contributed by atoms with Gasteiger partial charge in [0, 0.05) is 31.5 Å². The number of rotatable bonds is 7. The van der Waals surface area contributed by atoms with Crippen LogP contribution in [0.3, 0.4) is 0 Å². The molecular formula is C23H26N4O3S. The van der Waals surface area contributed by atoms with E-state index in [0.717, 1.165) is 18.7 Å². The minimum Gasteiger partial charge on any atom is -0.355 e. The zero-order chi connectivity index (χ0) is 21.8. The van der Waals surface area contributed by atoms with Crippen molar-refractivity contribution in [3.8, 4) is 0 Å². The molecule has 0 saturated heterocycles. The Kier molecular flexibility index (Phi) is 6.22. The van der Waals surface area contributed by atoms with Crippen LogP contribution in [0.5, 0.6) is 0 Å². The van der Waals surface area contributed by atoms with Crippen molar-refractivity contribution in [2.75, 3.05) is 19.6 Å². The topological polar surface area (TPSA) is 97.4 Å². The van der Waals surface area contributed by atoms with Gasteiger partial charge in [0.1, 0.15) is 0 Å². The van der Waals surface area contributed by atoms with Crippen LogP contribution >= 0.6 is 0 Å². The van der Waals surface area contributed by atoms with Crippen molar-refractivity contribution < 1.29 is 13.2 Å². The summed E-state index contributed by atoms with van der Waals surface area (Å²) in [5.74, 6) is -0.0258. The number of aromatic nitrogens is 1. The van der Waals surface area contributed by atoms with Crippen molar-refractivity contribution >= 4 is 15.9 Å². The van der Waals surface area contributed by atoms with E-state index >= 15 is 0 Å². The number of primary sulfonamides is 1. The van der Waals surface area contributed by atoms with Gasteiger partial charge in [0.15, 0.2) is 0 Å². The monoisotopic (exact) mass is 438 g/mol. The summed E-state index contributed by atoms with van der Waals surface area (Å²) in [4.78, 5) is 15.0. The van der Waals surface area contributed by atoms with Gasteiger partial charge in [-0.3, -0.25) is 9.69 Å². The zero-order valence-electron chi connectivity index (χ0n) is 17.1. The van der Waals surface area contributed by atoms with Crippen molar-refractivity contribution in [3.63, 3.8) is 0 Å².